The number of alkyl halides is 3. The fourth-order valence-electron chi connectivity index (χ4n) is 2.54. The second-order valence-electron chi connectivity index (χ2n) is 5.12. The zero-order chi connectivity index (χ0) is 16.2. The Bertz CT molecular complexity index is 603. The number of benzene rings is 1. The Kier molecular flexibility index (Phi) is 4.95. The Morgan fingerprint density at radius 1 is 1.18 bits per heavy atom. The van der Waals surface area contributed by atoms with E-state index in [1.54, 1.807) is 11.0 Å². The molecule has 0 saturated carbocycles. The van der Waals surface area contributed by atoms with Crippen LogP contribution in [-0.2, 0) is 6.18 Å². The van der Waals surface area contributed by atoms with Crippen molar-refractivity contribution in [2.24, 2.45) is 0 Å². The number of nitrogens with zero attached hydrogens (tertiary/aromatic N) is 3. The van der Waals surface area contributed by atoms with Gasteiger partial charge in [-0.15, -0.1) is 12.3 Å². The third-order valence-corrected chi connectivity index (χ3v) is 3.72. The van der Waals surface area contributed by atoms with Crippen molar-refractivity contribution in [3.05, 3.63) is 29.3 Å². The van der Waals surface area contributed by atoms with Crippen LogP contribution in [0.1, 0.15) is 17.5 Å². The molecule has 0 radical (unpaired) electrons. The van der Waals surface area contributed by atoms with Crippen molar-refractivity contribution in [2.75, 3.05) is 37.6 Å². The number of rotatable bonds is 3. The summed E-state index contributed by atoms with van der Waals surface area (Å²) in [4.78, 5) is 3.86. The topological polar surface area (TPSA) is 30.3 Å². The number of hydrogen-bond donors (Lipinski definition) is 0. The molecular weight excluding hydrogens is 291 g/mol. The summed E-state index contributed by atoms with van der Waals surface area (Å²) >= 11 is 0. The Balaban J connectivity index is 2.17. The second-order valence-corrected chi connectivity index (χ2v) is 5.12. The average Bonchev–Trinajstić information content (AvgIpc) is 2.52. The lowest BCUT2D eigenvalue weighted by molar-refractivity contribution is -0.137. The van der Waals surface area contributed by atoms with Gasteiger partial charge in [-0.1, -0.05) is 0 Å². The monoisotopic (exact) mass is 307 g/mol. The predicted molar refractivity (Wildman–Crippen MR) is 78.3 cm³/mol. The normalized spacial score (nSPS) is 16.1. The van der Waals surface area contributed by atoms with E-state index in [0.717, 1.165) is 12.6 Å². The van der Waals surface area contributed by atoms with Crippen LogP contribution in [0.2, 0.25) is 0 Å². The number of hydrogen-bond acceptors (Lipinski definition) is 3. The van der Waals surface area contributed by atoms with Crippen LogP contribution in [0, 0.1) is 23.7 Å². The number of piperazine rings is 1. The van der Waals surface area contributed by atoms with Crippen molar-refractivity contribution < 1.29 is 13.2 Å². The maximum absolute atomic E-state index is 13.2. The molecule has 0 N–H and O–H groups in total. The molecule has 0 unspecified atom stereocenters. The van der Waals surface area contributed by atoms with Crippen molar-refractivity contribution in [3.8, 4) is 18.4 Å². The zero-order valence-corrected chi connectivity index (χ0v) is 12.0. The summed E-state index contributed by atoms with van der Waals surface area (Å²) in [6.07, 6.45) is 1.39. The first-order valence-corrected chi connectivity index (χ1v) is 6.98. The largest absolute Gasteiger partial charge is 0.418 e. The lowest BCUT2D eigenvalue weighted by Crippen LogP contribution is -2.47. The second kappa shape index (κ2) is 6.72. The summed E-state index contributed by atoms with van der Waals surface area (Å²) in [5, 5.41) is 8.79. The molecule has 22 heavy (non-hydrogen) atoms. The highest BCUT2D eigenvalue weighted by Crippen LogP contribution is 2.37. The van der Waals surface area contributed by atoms with Gasteiger partial charge in [-0.3, -0.25) is 4.90 Å². The summed E-state index contributed by atoms with van der Waals surface area (Å²) in [5.41, 5.74) is -0.588. The SMILES string of the molecule is C#CCCN1CCN(c2ccc(C#N)cc2C(F)(F)F)CC1. The van der Waals surface area contributed by atoms with E-state index in [0.29, 0.717) is 32.6 Å². The van der Waals surface area contributed by atoms with E-state index in [1.165, 1.54) is 12.1 Å². The van der Waals surface area contributed by atoms with Crippen LogP contribution in [-0.4, -0.2) is 37.6 Å². The van der Waals surface area contributed by atoms with E-state index in [1.807, 2.05) is 0 Å². The van der Waals surface area contributed by atoms with E-state index in [2.05, 4.69) is 10.8 Å². The standard InChI is InChI=1S/C16H16F3N3/c1-2-3-6-21-7-9-22(10-8-21)15-5-4-13(12-20)11-14(15)16(17,18)19/h1,4-5,11H,3,6-10H2. The molecule has 1 heterocycles. The average molecular weight is 307 g/mol. The molecule has 6 heteroatoms. The first-order valence-electron chi connectivity index (χ1n) is 6.98. The molecular formula is C16H16F3N3. The molecule has 3 nitrogen and oxygen atoms in total. The molecule has 0 amide bonds. The maximum atomic E-state index is 13.2. The van der Waals surface area contributed by atoms with Crippen molar-refractivity contribution >= 4 is 5.69 Å². The van der Waals surface area contributed by atoms with Gasteiger partial charge in [0.25, 0.3) is 0 Å². The molecule has 1 aliphatic heterocycles. The summed E-state index contributed by atoms with van der Waals surface area (Å²) in [6, 6.07) is 5.48. The smallest absolute Gasteiger partial charge is 0.368 e. The van der Waals surface area contributed by atoms with Gasteiger partial charge in [-0.2, -0.15) is 18.4 Å². The molecule has 1 aliphatic rings. The Labute approximate surface area is 127 Å². The van der Waals surface area contributed by atoms with Crippen LogP contribution in [0.4, 0.5) is 18.9 Å². The molecule has 1 saturated heterocycles. The fraction of sp³-hybridized carbons (Fsp3) is 0.438. The molecule has 0 spiro atoms. The molecule has 116 valence electrons. The third-order valence-electron chi connectivity index (χ3n) is 3.72. The first kappa shape index (κ1) is 16.2. The lowest BCUT2D eigenvalue weighted by atomic mass is 10.1. The van der Waals surface area contributed by atoms with E-state index in [-0.39, 0.29) is 11.3 Å². The quantitative estimate of drug-likeness (QED) is 0.804. The highest BCUT2D eigenvalue weighted by atomic mass is 19.4. The lowest BCUT2D eigenvalue weighted by Gasteiger charge is -2.37. The van der Waals surface area contributed by atoms with Crippen LogP contribution in [0.15, 0.2) is 18.2 Å². The number of anilines is 1. The Hall–Kier alpha value is -2.18. The minimum atomic E-state index is -4.47. The number of nitriles is 1. The molecule has 0 bridgehead atoms. The van der Waals surface area contributed by atoms with E-state index in [9.17, 15) is 13.2 Å². The van der Waals surface area contributed by atoms with Crippen molar-refractivity contribution in [1.82, 2.24) is 4.90 Å². The van der Waals surface area contributed by atoms with E-state index >= 15 is 0 Å². The molecule has 1 fully saturated rings. The molecule has 2 rings (SSSR count). The van der Waals surface area contributed by atoms with Gasteiger partial charge < -0.3 is 4.90 Å². The molecule has 0 aromatic heterocycles. The molecule has 1 aromatic carbocycles. The molecule has 0 aliphatic carbocycles. The van der Waals surface area contributed by atoms with Crippen molar-refractivity contribution in [2.45, 2.75) is 12.6 Å². The third kappa shape index (κ3) is 3.72. The summed E-state index contributed by atoms with van der Waals surface area (Å²) in [5.74, 6) is 2.56. The van der Waals surface area contributed by atoms with Crippen LogP contribution in [0.3, 0.4) is 0 Å². The van der Waals surface area contributed by atoms with Crippen molar-refractivity contribution in [3.63, 3.8) is 0 Å². The van der Waals surface area contributed by atoms with Gasteiger partial charge in [0.2, 0.25) is 0 Å². The van der Waals surface area contributed by atoms with Gasteiger partial charge >= 0.3 is 6.18 Å². The van der Waals surface area contributed by atoms with Crippen LogP contribution < -0.4 is 4.90 Å². The minimum Gasteiger partial charge on any atom is -0.368 e. The summed E-state index contributed by atoms with van der Waals surface area (Å²) in [7, 11) is 0. The van der Waals surface area contributed by atoms with Gasteiger partial charge in [0, 0.05) is 44.8 Å². The number of terminal acetylenes is 1. The van der Waals surface area contributed by atoms with Crippen LogP contribution >= 0.6 is 0 Å². The predicted octanol–water partition coefficient (Wildman–Crippen LogP) is 2.72. The fourth-order valence-corrected chi connectivity index (χ4v) is 2.54. The highest BCUT2D eigenvalue weighted by molar-refractivity contribution is 5.58. The van der Waals surface area contributed by atoms with Gasteiger partial charge in [-0.25, -0.2) is 0 Å². The van der Waals surface area contributed by atoms with Crippen LogP contribution in [0.25, 0.3) is 0 Å². The van der Waals surface area contributed by atoms with E-state index in [4.69, 9.17) is 11.7 Å². The first-order chi connectivity index (χ1) is 10.5. The van der Waals surface area contributed by atoms with Gasteiger partial charge in [-0.05, 0) is 18.2 Å². The molecule has 1 aromatic rings. The maximum Gasteiger partial charge on any atom is 0.418 e. The Morgan fingerprint density at radius 2 is 1.86 bits per heavy atom. The van der Waals surface area contributed by atoms with Gasteiger partial charge in [0.1, 0.15) is 0 Å². The van der Waals surface area contributed by atoms with E-state index < -0.39 is 11.7 Å². The summed E-state index contributed by atoms with van der Waals surface area (Å²) < 4.78 is 39.6. The zero-order valence-electron chi connectivity index (χ0n) is 12.0. The Morgan fingerprint density at radius 3 is 2.41 bits per heavy atom. The summed E-state index contributed by atoms with van der Waals surface area (Å²) in [6.45, 7) is 3.15. The van der Waals surface area contributed by atoms with Gasteiger partial charge in [0.15, 0.2) is 0 Å². The van der Waals surface area contributed by atoms with Crippen LogP contribution in [0.5, 0.6) is 0 Å². The molecule has 0 atom stereocenters. The van der Waals surface area contributed by atoms with Gasteiger partial charge in [0.05, 0.1) is 17.2 Å². The van der Waals surface area contributed by atoms with Crippen molar-refractivity contribution in [1.29, 1.82) is 5.26 Å². The number of halogens is 3. The minimum absolute atomic E-state index is 0.0173. The highest BCUT2D eigenvalue weighted by Gasteiger charge is 2.35.